The first kappa shape index (κ1) is 21.1. The molecule has 2 atom stereocenters. The molecule has 0 radical (unpaired) electrons. The molecule has 29 heavy (non-hydrogen) atoms. The fourth-order valence-corrected chi connectivity index (χ4v) is 3.49. The van der Waals surface area contributed by atoms with Crippen molar-refractivity contribution in [3.8, 4) is 5.75 Å². The Morgan fingerprint density at radius 2 is 2.28 bits per heavy atom. The van der Waals surface area contributed by atoms with E-state index in [1.165, 1.54) is 0 Å². The summed E-state index contributed by atoms with van der Waals surface area (Å²) in [5.41, 5.74) is 1.05. The van der Waals surface area contributed by atoms with Crippen LogP contribution >= 0.6 is 0 Å². The molecular formula is C21H32N6O2. The van der Waals surface area contributed by atoms with Crippen LogP contribution in [0.4, 0.5) is 0 Å². The van der Waals surface area contributed by atoms with Gasteiger partial charge in [-0.1, -0.05) is 25.1 Å². The summed E-state index contributed by atoms with van der Waals surface area (Å²) in [5, 5.41) is 15.1. The summed E-state index contributed by atoms with van der Waals surface area (Å²) in [6.07, 6.45) is 5.05. The second kappa shape index (κ2) is 10.8. The van der Waals surface area contributed by atoms with E-state index in [1.54, 1.807) is 13.4 Å². The molecule has 1 aliphatic rings. The third-order valence-corrected chi connectivity index (χ3v) is 5.14. The zero-order valence-electron chi connectivity index (χ0n) is 17.6. The van der Waals surface area contributed by atoms with Crippen molar-refractivity contribution in [3.63, 3.8) is 0 Å². The lowest BCUT2D eigenvalue weighted by molar-refractivity contribution is 0.0890. The fraction of sp³-hybridized carbons (Fsp3) is 0.571. The first-order valence-corrected chi connectivity index (χ1v) is 10.4. The van der Waals surface area contributed by atoms with E-state index in [4.69, 9.17) is 14.5 Å². The van der Waals surface area contributed by atoms with Gasteiger partial charge in [0, 0.05) is 31.7 Å². The maximum absolute atomic E-state index is 5.82. The van der Waals surface area contributed by atoms with Crippen molar-refractivity contribution in [1.82, 2.24) is 25.4 Å². The molecule has 3 rings (SSSR count). The van der Waals surface area contributed by atoms with Crippen molar-refractivity contribution in [3.05, 3.63) is 42.0 Å². The molecule has 0 saturated carbocycles. The largest absolute Gasteiger partial charge is 0.496 e. The van der Waals surface area contributed by atoms with Gasteiger partial charge in [0.1, 0.15) is 17.9 Å². The van der Waals surface area contributed by atoms with Gasteiger partial charge < -0.3 is 24.7 Å². The van der Waals surface area contributed by atoms with Crippen LogP contribution in [0.25, 0.3) is 0 Å². The molecule has 0 spiro atoms. The molecule has 0 amide bonds. The molecule has 1 aliphatic heterocycles. The maximum Gasteiger partial charge on any atom is 0.191 e. The van der Waals surface area contributed by atoms with Gasteiger partial charge in [-0.25, -0.2) is 4.99 Å². The third kappa shape index (κ3) is 5.93. The number of nitrogens with one attached hydrogen (secondary N) is 2. The van der Waals surface area contributed by atoms with E-state index >= 15 is 0 Å². The van der Waals surface area contributed by atoms with Gasteiger partial charge in [-0.05, 0) is 25.8 Å². The van der Waals surface area contributed by atoms with Crippen LogP contribution in [0, 0.1) is 0 Å². The maximum atomic E-state index is 5.82. The van der Waals surface area contributed by atoms with Crippen molar-refractivity contribution in [2.75, 3.05) is 20.3 Å². The Labute approximate surface area is 172 Å². The van der Waals surface area contributed by atoms with Crippen molar-refractivity contribution in [2.24, 2.45) is 4.99 Å². The number of hydrogen-bond acceptors (Lipinski definition) is 5. The first-order chi connectivity index (χ1) is 14.2. The average molecular weight is 401 g/mol. The molecule has 1 aromatic carbocycles. The number of para-hydroxylation sites is 1. The molecule has 2 aromatic rings. The van der Waals surface area contributed by atoms with Crippen LogP contribution in [0.1, 0.15) is 38.1 Å². The number of methoxy groups -OCH3 is 1. The molecule has 0 bridgehead atoms. The van der Waals surface area contributed by atoms with E-state index in [9.17, 15) is 0 Å². The lowest BCUT2D eigenvalue weighted by Gasteiger charge is -2.23. The van der Waals surface area contributed by atoms with Crippen LogP contribution in [0.2, 0.25) is 0 Å². The number of nitrogens with zero attached hydrogens (tertiary/aromatic N) is 4. The molecule has 1 fully saturated rings. The molecule has 2 heterocycles. The normalized spacial score (nSPS) is 17.9. The zero-order chi connectivity index (χ0) is 20.5. The summed E-state index contributed by atoms with van der Waals surface area (Å²) in [7, 11) is 1.68. The summed E-state index contributed by atoms with van der Waals surface area (Å²) < 4.78 is 13.3. The molecule has 2 N–H and O–H groups in total. The number of ether oxygens (including phenoxy) is 2. The van der Waals surface area contributed by atoms with Crippen LogP contribution in [0.3, 0.4) is 0 Å². The van der Waals surface area contributed by atoms with Crippen molar-refractivity contribution < 1.29 is 9.47 Å². The summed E-state index contributed by atoms with van der Waals surface area (Å²) in [6.45, 7) is 7.10. The van der Waals surface area contributed by atoms with Crippen molar-refractivity contribution >= 4 is 5.96 Å². The highest BCUT2D eigenvalue weighted by Gasteiger charge is 2.23. The SMILES string of the molecule is CCc1nncn1CCNC(=NCc1ccccc1OC)NC(C)C1CCCO1. The lowest BCUT2D eigenvalue weighted by Crippen LogP contribution is -2.47. The zero-order valence-corrected chi connectivity index (χ0v) is 17.6. The monoisotopic (exact) mass is 400 g/mol. The predicted molar refractivity (Wildman–Crippen MR) is 113 cm³/mol. The van der Waals surface area contributed by atoms with Crippen LogP contribution < -0.4 is 15.4 Å². The Hall–Kier alpha value is -2.61. The summed E-state index contributed by atoms with van der Waals surface area (Å²) >= 11 is 0. The molecule has 8 heteroatoms. The molecule has 1 saturated heterocycles. The minimum atomic E-state index is 0.183. The minimum absolute atomic E-state index is 0.183. The number of hydrogen-bond donors (Lipinski definition) is 2. The van der Waals surface area contributed by atoms with Crippen LogP contribution in [-0.4, -0.2) is 53.1 Å². The fourth-order valence-electron chi connectivity index (χ4n) is 3.49. The molecule has 158 valence electrons. The Bertz CT molecular complexity index is 785. The highest BCUT2D eigenvalue weighted by molar-refractivity contribution is 5.80. The predicted octanol–water partition coefficient (Wildman–Crippen LogP) is 2.15. The minimum Gasteiger partial charge on any atom is -0.496 e. The average Bonchev–Trinajstić information content (AvgIpc) is 3.44. The lowest BCUT2D eigenvalue weighted by atomic mass is 10.1. The number of benzene rings is 1. The number of aromatic nitrogens is 3. The van der Waals surface area contributed by atoms with E-state index in [1.807, 2.05) is 24.3 Å². The quantitative estimate of drug-likeness (QED) is 0.496. The first-order valence-electron chi connectivity index (χ1n) is 10.4. The molecule has 0 aliphatic carbocycles. The van der Waals surface area contributed by atoms with Gasteiger partial charge in [-0.15, -0.1) is 10.2 Å². The molecule has 1 aromatic heterocycles. The number of rotatable bonds is 9. The van der Waals surface area contributed by atoms with Crippen molar-refractivity contribution in [1.29, 1.82) is 0 Å². The molecular weight excluding hydrogens is 368 g/mol. The molecule has 2 unspecified atom stereocenters. The highest BCUT2D eigenvalue weighted by atomic mass is 16.5. The smallest absolute Gasteiger partial charge is 0.191 e. The second-order valence-corrected chi connectivity index (χ2v) is 7.18. The van der Waals surface area contributed by atoms with Crippen LogP contribution in [0.5, 0.6) is 5.75 Å². The highest BCUT2D eigenvalue weighted by Crippen LogP contribution is 2.18. The van der Waals surface area contributed by atoms with Gasteiger partial charge >= 0.3 is 0 Å². The van der Waals surface area contributed by atoms with Gasteiger partial charge in [0.15, 0.2) is 5.96 Å². The number of aryl methyl sites for hydroxylation is 1. The van der Waals surface area contributed by atoms with Crippen molar-refractivity contribution in [2.45, 2.75) is 58.3 Å². The summed E-state index contributed by atoms with van der Waals surface area (Å²) in [5.74, 6) is 2.60. The summed E-state index contributed by atoms with van der Waals surface area (Å²) in [6, 6.07) is 8.14. The Morgan fingerprint density at radius 1 is 1.41 bits per heavy atom. The van der Waals surface area contributed by atoms with Gasteiger partial charge in [0.2, 0.25) is 0 Å². The van der Waals surface area contributed by atoms with Gasteiger partial charge in [-0.2, -0.15) is 0 Å². The number of guanidine groups is 1. The van der Waals surface area contributed by atoms with E-state index < -0.39 is 0 Å². The second-order valence-electron chi connectivity index (χ2n) is 7.18. The van der Waals surface area contributed by atoms with E-state index in [-0.39, 0.29) is 12.1 Å². The topological polar surface area (TPSA) is 85.6 Å². The van der Waals surface area contributed by atoms with Gasteiger partial charge in [0.05, 0.1) is 25.8 Å². The number of aliphatic imine (C=N–C) groups is 1. The summed E-state index contributed by atoms with van der Waals surface area (Å²) in [4.78, 5) is 4.79. The van der Waals surface area contributed by atoms with Crippen LogP contribution in [0.15, 0.2) is 35.6 Å². The Morgan fingerprint density at radius 3 is 3.03 bits per heavy atom. The Balaban J connectivity index is 1.64. The van der Waals surface area contributed by atoms with E-state index in [0.717, 1.165) is 62.1 Å². The third-order valence-electron chi connectivity index (χ3n) is 5.14. The Kier molecular flexibility index (Phi) is 7.86. The molecule has 8 nitrogen and oxygen atoms in total. The van der Waals surface area contributed by atoms with E-state index in [0.29, 0.717) is 6.54 Å². The van der Waals surface area contributed by atoms with E-state index in [2.05, 4.69) is 39.2 Å². The van der Waals surface area contributed by atoms with Crippen LogP contribution in [-0.2, 0) is 24.2 Å². The van der Waals surface area contributed by atoms with Gasteiger partial charge in [-0.3, -0.25) is 0 Å². The van der Waals surface area contributed by atoms with Gasteiger partial charge in [0.25, 0.3) is 0 Å². The standard InChI is InChI=1S/C21H32N6O2/c1-4-20-26-24-15-27(20)12-11-22-21(25-16(2)18-10-7-13-29-18)23-14-17-8-5-6-9-19(17)28-3/h5-6,8-9,15-16,18H,4,7,10-14H2,1-3H3,(H2,22,23,25).